The molecule has 15 rings (SSSR count). The van der Waals surface area contributed by atoms with Gasteiger partial charge in [-0.3, -0.25) is 29.0 Å². The quantitative estimate of drug-likeness (QED) is 0.0831. The predicted molar refractivity (Wildman–Crippen MR) is 403 cm³/mol. The minimum Gasteiger partial charge on any atom is -0.322 e. The number of aryl methyl sites for hydroxylation is 4. The van der Waals surface area contributed by atoms with Crippen LogP contribution < -0.4 is 31.4 Å². The van der Waals surface area contributed by atoms with Gasteiger partial charge < -0.3 is 20.9 Å². The van der Waals surface area contributed by atoms with Crippen molar-refractivity contribution in [3.05, 3.63) is 303 Å². The summed E-state index contributed by atoms with van der Waals surface area (Å²) in [5.74, 6) is -3.30. The average Bonchev–Trinajstić information content (AvgIpc) is 1.58. The zero-order valence-corrected chi connectivity index (χ0v) is 60.2. The molecule has 2 aliphatic heterocycles. The molecule has 0 atom stereocenters. The number of para-hydroxylation sites is 1. The molecule has 0 aliphatic carbocycles. The molecule has 13 aromatic rings. The third-order valence-corrected chi connectivity index (χ3v) is 18.8. The first-order valence-corrected chi connectivity index (χ1v) is 34.2. The van der Waals surface area contributed by atoms with E-state index in [1.54, 1.807) is 168 Å². The van der Waals surface area contributed by atoms with E-state index < -0.39 is 80.6 Å². The number of alkyl halides is 6. The van der Waals surface area contributed by atoms with Crippen LogP contribution in [0.4, 0.5) is 75.5 Å². The van der Waals surface area contributed by atoms with Crippen molar-refractivity contribution in [1.82, 2.24) is 44.4 Å². The van der Waals surface area contributed by atoms with E-state index in [2.05, 4.69) is 55.8 Å². The van der Waals surface area contributed by atoms with Crippen LogP contribution in [0.1, 0.15) is 103 Å². The summed E-state index contributed by atoms with van der Waals surface area (Å²) in [6, 6.07) is 45.8. The summed E-state index contributed by atoms with van der Waals surface area (Å²) in [5.41, 5.74) is 2.05. The summed E-state index contributed by atoms with van der Waals surface area (Å²) in [7, 11) is 0. The Labute approximate surface area is 628 Å². The number of anilines is 7. The van der Waals surface area contributed by atoms with Crippen LogP contribution >= 0.6 is 0 Å². The smallest absolute Gasteiger partial charge is 0.322 e. The van der Waals surface area contributed by atoms with E-state index in [0.29, 0.717) is 78.4 Å². The Morgan fingerprint density at radius 3 is 1.66 bits per heavy atom. The second-order valence-corrected chi connectivity index (χ2v) is 27.1. The maximum atomic E-state index is 16.1. The number of hydrogen-bond donors (Lipinski definition) is 4. The second-order valence-electron chi connectivity index (χ2n) is 27.1. The molecule has 28 heteroatoms. The number of nitrogens with zero attached hydrogens (tertiary/aromatic N) is 10. The van der Waals surface area contributed by atoms with Crippen LogP contribution in [0.2, 0.25) is 0 Å². The van der Waals surface area contributed by atoms with Crippen molar-refractivity contribution in [3.8, 4) is 39.3 Å². The van der Waals surface area contributed by atoms with E-state index in [1.807, 2.05) is 26.0 Å². The summed E-state index contributed by atoms with van der Waals surface area (Å²) in [5, 5.41) is 7.64. The summed E-state index contributed by atoms with van der Waals surface area (Å²) in [4.78, 5) is 113. The highest BCUT2D eigenvalue weighted by molar-refractivity contribution is 6.15. The first kappa shape index (κ1) is 75.4. The highest BCUT2D eigenvalue weighted by Crippen LogP contribution is 2.51. The summed E-state index contributed by atoms with van der Waals surface area (Å²) >= 11 is 0. The molecular weight excluding hydrogens is 1440 g/mol. The number of pyridine rings is 3. The van der Waals surface area contributed by atoms with Gasteiger partial charge in [0.05, 0.1) is 49.8 Å². The van der Waals surface area contributed by atoms with Gasteiger partial charge in [0.1, 0.15) is 23.3 Å². The number of hydrogen-bond acceptors (Lipinski definition) is 13. The zero-order chi connectivity index (χ0) is 79.2. The second kappa shape index (κ2) is 29.8. The normalized spacial score (nSPS) is 13.3. The number of nitrogens with one attached hydrogen (secondary N) is 4. The molecule has 7 aromatic carbocycles. The molecule has 0 fully saturated rings. The number of benzene rings is 7. The van der Waals surface area contributed by atoms with E-state index in [4.69, 9.17) is 0 Å². The van der Waals surface area contributed by atoms with E-state index >= 15 is 4.39 Å². The number of H-pyrrole nitrogens is 1. The first-order chi connectivity index (χ1) is 52.8. The van der Waals surface area contributed by atoms with Crippen molar-refractivity contribution in [2.75, 3.05) is 25.8 Å². The Bertz CT molecular complexity index is 5900. The minimum atomic E-state index is -4.94. The van der Waals surface area contributed by atoms with Crippen LogP contribution in [-0.2, 0) is 32.8 Å². The van der Waals surface area contributed by atoms with Crippen LogP contribution in [0.3, 0.4) is 0 Å². The lowest BCUT2D eigenvalue weighted by atomic mass is 9.80. The van der Waals surface area contributed by atoms with Gasteiger partial charge in [0, 0.05) is 82.7 Å². The van der Waals surface area contributed by atoms with E-state index in [1.165, 1.54) is 70.3 Å². The Morgan fingerprint density at radius 2 is 1.03 bits per heavy atom. The molecule has 0 unspecified atom stereocenters. The van der Waals surface area contributed by atoms with Crippen LogP contribution in [-0.4, -0.2) is 74.0 Å². The van der Waals surface area contributed by atoms with Gasteiger partial charge in [-0.05, 0) is 186 Å². The zero-order valence-electron chi connectivity index (χ0n) is 60.2. The van der Waals surface area contributed by atoms with Crippen molar-refractivity contribution in [2.45, 2.75) is 78.6 Å². The SMILES string of the molecule is Cc1ccc(NC(=O)c2c(C)ccc(-c3cccc4c3C(C)(C)C(=O)N4c3ncccn3)c2F)cc1.Cc1ccc(NC(=O)c2cc(-c3cccc4c3[nH]c(=O)n4-c3ncccn3)ccc2C(F)(F)F)cc1.Cc1ccc(NC(=O)c2cc(-c3ccnc4c3C(C)(C)C(=O)N4c3ccccn3)cnc2C(F)(F)F)cc1F. The standard InChI is InChI=1S/C29H25FN4O2.C28H21F4N5O2.C26H18F3N5O2/c1-17-9-12-19(13-10-17)33-26(35)23-18(2)11-14-21(25(23)30)20-7-5-8-22-24(20)29(3,4)27(36)34(22)28-31-15-6-16-32-28;1-15-7-8-17(13-20(15)29)36-25(38)19-12-16(14-35-23(19)28(30,31)32)18-9-11-34-24-22(18)27(2,3)26(39)37(24)21-6-4-5-10-33-21;1-15-6-9-17(10-7-15)32-23(35)19-14-16(8-11-20(19)26(27,28)29)18-4-2-5-21-22(18)33-25(36)34(21)24-30-12-3-13-31-24/h5-16H,1-4H3,(H,33,35);4-14H,1-3H3,(H,36,38);2-14H,1H3,(H,32,35)(H,33,36). The largest absolute Gasteiger partial charge is 0.434 e. The van der Waals surface area contributed by atoms with Gasteiger partial charge in [-0.15, -0.1) is 0 Å². The Hall–Kier alpha value is -13.8. The Kier molecular flexibility index (Phi) is 20.2. The summed E-state index contributed by atoms with van der Waals surface area (Å²) in [6.45, 7) is 14.0. The molecule has 6 aromatic heterocycles. The molecule has 20 nitrogen and oxygen atoms in total. The maximum Gasteiger partial charge on any atom is 0.434 e. The fourth-order valence-electron chi connectivity index (χ4n) is 13.2. The number of fused-ring (bicyclic) bond motifs is 3. The van der Waals surface area contributed by atoms with Crippen LogP contribution in [0.25, 0.3) is 50.4 Å². The fraction of sp³-hybridized carbons (Fsp3) is 0.145. The van der Waals surface area contributed by atoms with Crippen LogP contribution in [0, 0.1) is 39.3 Å². The monoisotopic (exact) mass is 1500 g/mol. The number of carbonyl (C=O) groups is 5. The number of rotatable bonds is 12. The van der Waals surface area contributed by atoms with Crippen LogP contribution in [0.5, 0.6) is 0 Å². The average molecular weight is 1510 g/mol. The molecule has 0 saturated carbocycles. The van der Waals surface area contributed by atoms with E-state index in [-0.39, 0.29) is 51.9 Å². The van der Waals surface area contributed by atoms with Gasteiger partial charge in [0.15, 0.2) is 5.69 Å². The first-order valence-electron chi connectivity index (χ1n) is 34.2. The molecule has 0 radical (unpaired) electrons. The molecule has 5 amide bonds. The van der Waals surface area contributed by atoms with Crippen molar-refractivity contribution in [3.63, 3.8) is 0 Å². The third-order valence-electron chi connectivity index (χ3n) is 18.8. The van der Waals surface area contributed by atoms with Crippen molar-refractivity contribution < 1.29 is 59.1 Å². The lowest BCUT2D eigenvalue weighted by Crippen LogP contribution is -2.34. The molecule has 2 aliphatic rings. The van der Waals surface area contributed by atoms with Crippen molar-refractivity contribution >= 4 is 80.9 Å². The topological polar surface area (TPSA) is 256 Å². The third kappa shape index (κ3) is 14.8. The molecular formula is C83H64F8N14O6. The van der Waals surface area contributed by atoms with Gasteiger partial charge in [0.25, 0.3) is 17.7 Å². The molecule has 0 saturated heterocycles. The number of carbonyl (C=O) groups excluding carboxylic acids is 5. The number of amides is 5. The van der Waals surface area contributed by atoms with Gasteiger partial charge in [0.2, 0.25) is 23.7 Å². The van der Waals surface area contributed by atoms with E-state index in [9.17, 15) is 59.5 Å². The lowest BCUT2D eigenvalue weighted by Gasteiger charge is -2.20. The van der Waals surface area contributed by atoms with Crippen molar-refractivity contribution in [1.29, 1.82) is 0 Å². The molecule has 558 valence electrons. The summed E-state index contributed by atoms with van der Waals surface area (Å²) < 4.78 is 114. The lowest BCUT2D eigenvalue weighted by molar-refractivity contribution is -0.141. The number of aromatic nitrogens is 9. The highest BCUT2D eigenvalue weighted by atomic mass is 19.4. The minimum absolute atomic E-state index is 0.0100. The fourth-order valence-corrected chi connectivity index (χ4v) is 13.2. The van der Waals surface area contributed by atoms with Crippen LogP contribution in [0.15, 0.2) is 224 Å². The van der Waals surface area contributed by atoms with Crippen molar-refractivity contribution in [2.24, 2.45) is 0 Å². The number of imidazole rings is 1. The summed E-state index contributed by atoms with van der Waals surface area (Å²) in [6.07, 6.45) is 0.407. The molecule has 111 heavy (non-hydrogen) atoms. The number of aromatic amines is 1. The number of halogens is 8. The predicted octanol–water partition coefficient (Wildman–Crippen LogP) is 17.7. The van der Waals surface area contributed by atoms with Gasteiger partial charge in [-0.1, -0.05) is 90.0 Å². The Morgan fingerprint density at radius 1 is 0.459 bits per heavy atom. The van der Waals surface area contributed by atoms with Gasteiger partial charge >= 0.3 is 18.0 Å². The Balaban J connectivity index is 0.000000146. The highest BCUT2D eigenvalue weighted by Gasteiger charge is 2.50. The van der Waals surface area contributed by atoms with Gasteiger partial charge in [-0.2, -0.15) is 26.3 Å². The molecule has 8 heterocycles. The molecule has 4 N–H and O–H groups in total. The molecule has 0 bridgehead atoms. The maximum absolute atomic E-state index is 16.1. The van der Waals surface area contributed by atoms with E-state index in [0.717, 1.165) is 35.5 Å². The van der Waals surface area contributed by atoms with Gasteiger partial charge in [-0.25, -0.2) is 57.8 Å². The molecule has 0 spiro atoms.